The van der Waals surface area contributed by atoms with Crippen molar-refractivity contribution in [3.05, 3.63) is 0 Å². The van der Waals surface area contributed by atoms with Crippen molar-refractivity contribution in [2.75, 3.05) is 6.54 Å². The molecular weight excluding hydrogens is 486 g/mol. The predicted octanol–water partition coefficient (Wildman–Crippen LogP) is 2.10. The van der Waals surface area contributed by atoms with Crippen LogP contribution in [0.15, 0.2) is 0 Å². The third-order valence-electron chi connectivity index (χ3n) is 7.26. The third kappa shape index (κ3) is 6.86. The number of nitrogens with two attached hydrogens (primary N) is 1. The van der Waals surface area contributed by atoms with Crippen molar-refractivity contribution < 1.29 is 34.9 Å². The van der Waals surface area contributed by atoms with Gasteiger partial charge in [-0.1, -0.05) is 53.7 Å². The summed E-state index contributed by atoms with van der Waals surface area (Å²) in [6, 6.07) is -5.74. The Balaban J connectivity index is 2.08. The number of piperidine rings is 1. The van der Waals surface area contributed by atoms with Gasteiger partial charge in [-0.3, -0.25) is 19.2 Å². The zero-order valence-electron chi connectivity index (χ0n) is 31.1. The summed E-state index contributed by atoms with van der Waals surface area (Å²) in [5.41, 5.74) is 1.64. The topological polar surface area (TPSA) is 151 Å². The van der Waals surface area contributed by atoms with Gasteiger partial charge in [0, 0.05) is 23.0 Å². The van der Waals surface area contributed by atoms with Crippen LogP contribution in [0.5, 0.6) is 0 Å². The quantitative estimate of drug-likeness (QED) is 0.330. The molecular formula is C28H47N5O5. The van der Waals surface area contributed by atoms with E-state index in [1.807, 2.05) is 20.8 Å². The number of ketones is 1. The van der Waals surface area contributed by atoms with E-state index in [0.29, 0.717) is 19.3 Å². The van der Waals surface area contributed by atoms with Crippen molar-refractivity contribution in [3.63, 3.8) is 0 Å². The van der Waals surface area contributed by atoms with Gasteiger partial charge in [0.05, 0.1) is 6.04 Å². The second-order valence-electron chi connectivity index (χ2n) is 13.1. The van der Waals surface area contributed by atoms with Gasteiger partial charge in [-0.2, -0.15) is 0 Å². The average molecular weight is 542 g/mol. The Kier molecular flexibility index (Phi) is 5.60. The van der Waals surface area contributed by atoms with Crippen molar-refractivity contribution in [3.8, 4) is 0 Å². The molecule has 1 unspecified atom stereocenters. The first kappa shape index (κ1) is 20.3. The van der Waals surface area contributed by atoms with Gasteiger partial charge in [-0.05, 0) is 62.1 Å². The second-order valence-corrected chi connectivity index (χ2v) is 13.1. The first-order chi connectivity index (χ1) is 20.6. The van der Waals surface area contributed by atoms with E-state index < -0.39 is 108 Å². The van der Waals surface area contributed by atoms with Crippen LogP contribution in [0.4, 0.5) is 4.79 Å². The highest BCUT2D eigenvalue weighted by atomic mass is 16.2. The number of Topliss-reactive ketones (excluding diaryl/α,β-unsaturated/α-hetero) is 1. The van der Waals surface area contributed by atoms with E-state index in [2.05, 4.69) is 16.0 Å². The molecule has 2 aliphatic carbocycles. The van der Waals surface area contributed by atoms with Crippen LogP contribution in [0, 0.1) is 28.6 Å². The van der Waals surface area contributed by atoms with Crippen LogP contribution in [0.25, 0.3) is 0 Å². The summed E-state index contributed by atoms with van der Waals surface area (Å²) in [6.45, 7) is 4.03. The molecule has 5 N–H and O–H groups in total. The average Bonchev–Trinajstić information content (AvgIpc) is 3.32. The van der Waals surface area contributed by atoms with E-state index in [0.717, 1.165) is 4.90 Å². The highest BCUT2D eigenvalue weighted by molar-refractivity contribution is 6.37. The van der Waals surface area contributed by atoms with Crippen molar-refractivity contribution in [1.29, 1.82) is 0 Å². The Labute approximate surface area is 237 Å². The van der Waals surface area contributed by atoms with Gasteiger partial charge in [0.25, 0.3) is 5.91 Å². The normalized spacial score (nSPS) is 30.1. The molecule has 1 heterocycles. The molecule has 1 saturated heterocycles. The van der Waals surface area contributed by atoms with Gasteiger partial charge in [-0.15, -0.1) is 0 Å². The highest BCUT2D eigenvalue weighted by Crippen LogP contribution is 2.65. The summed E-state index contributed by atoms with van der Waals surface area (Å²) < 4.78 is 66.4. The Hall–Kier alpha value is -2.65. The number of hydrogen-bond donors (Lipinski definition) is 4. The predicted molar refractivity (Wildman–Crippen MR) is 144 cm³/mol. The van der Waals surface area contributed by atoms with Crippen LogP contribution in [0.1, 0.15) is 98.3 Å². The fourth-order valence-corrected chi connectivity index (χ4v) is 5.18. The Morgan fingerprint density at radius 3 is 2.16 bits per heavy atom. The van der Waals surface area contributed by atoms with Crippen LogP contribution in [-0.2, 0) is 19.2 Å². The number of amides is 5. The zero-order valence-corrected chi connectivity index (χ0v) is 23.1. The molecule has 2 saturated carbocycles. The summed E-state index contributed by atoms with van der Waals surface area (Å²) >= 11 is 0. The molecule has 10 heteroatoms. The van der Waals surface area contributed by atoms with Crippen LogP contribution in [-0.4, -0.2) is 64.6 Å². The molecule has 0 spiro atoms. The van der Waals surface area contributed by atoms with Crippen molar-refractivity contribution >= 4 is 29.5 Å². The molecule has 3 fully saturated rings. The molecule has 1 aliphatic heterocycles. The second kappa shape index (κ2) is 10.5. The highest BCUT2D eigenvalue weighted by Gasteiger charge is 2.69. The molecule has 3 aliphatic rings. The van der Waals surface area contributed by atoms with Gasteiger partial charge < -0.3 is 26.6 Å². The first-order valence-electron chi connectivity index (χ1n) is 17.1. The fourth-order valence-electron chi connectivity index (χ4n) is 5.18. The van der Waals surface area contributed by atoms with Gasteiger partial charge in [0.1, 0.15) is 12.1 Å². The van der Waals surface area contributed by atoms with E-state index in [9.17, 15) is 24.0 Å². The van der Waals surface area contributed by atoms with Crippen molar-refractivity contribution in [2.24, 2.45) is 34.3 Å². The van der Waals surface area contributed by atoms with E-state index in [-0.39, 0.29) is 6.42 Å². The number of rotatable bonds is 9. The minimum atomic E-state index is -3.08. The number of nitrogens with zero attached hydrogens (tertiary/aromatic N) is 1. The molecule has 0 aromatic heterocycles. The summed E-state index contributed by atoms with van der Waals surface area (Å²) in [5, 5.41) is 7.58. The maximum absolute atomic E-state index is 14.2. The van der Waals surface area contributed by atoms with Crippen LogP contribution >= 0.6 is 0 Å². The molecule has 3 rings (SSSR count). The van der Waals surface area contributed by atoms with E-state index in [1.165, 1.54) is 0 Å². The third-order valence-corrected chi connectivity index (χ3v) is 7.26. The molecule has 5 atom stereocenters. The van der Waals surface area contributed by atoms with Gasteiger partial charge in [0.15, 0.2) is 0 Å². The maximum atomic E-state index is 14.2. The maximum Gasteiger partial charge on any atom is 0.315 e. The SMILES string of the molecule is [2H]C([2H])(C1CCC1)C(NC(=O)[C@@H]1[C@@H]2[C@H](CN1C(=O)[C@H](CC(C)(C)C)NC(=O)NC(C)(C)C)C2(C([2H])([2H])[2H])C([2H])([2H])[2H])C(=O)C(N)=O. The molecule has 5 amide bonds. The monoisotopic (exact) mass is 541 g/mol. The van der Waals surface area contributed by atoms with Gasteiger partial charge in [0.2, 0.25) is 17.6 Å². The number of hydrogen-bond acceptors (Lipinski definition) is 5. The van der Waals surface area contributed by atoms with Crippen LogP contribution in [0.3, 0.4) is 0 Å². The standard InChI is InChI=1S/C28H47N5O5/c1-26(2,3)13-18(31-25(38)32-27(4,5)6)24(37)33-14-16-19(28(16,7)8)20(33)23(36)30-17(21(34)22(29)35)12-15-10-9-11-15/h15-20H,9-14H2,1-8H3,(H2,29,35)(H,30,36)(H2,31,32,38)/t16-,17?,18-,19-,20-/m0/s1/i7D3,8D3,12D2. The van der Waals surface area contributed by atoms with Crippen molar-refractivity contribution in [2.45, 2.75) is 111 Å². The lowest BCUT2D eigenvalue weighted by Crippen LogP contribution is -2.60. The lowest BCUT2D eigenvalue weighted by Gasteiger charge is -2.36. The number of fused-ring (bicyclic) bond motifs is 1. The van der Waals surface area contributed by atoms with Gasteiger partial charge in [-0.25, -0.2) is 4.79 Å². The Bertz CT molecular complexity index is 1240. The smallest absolute Gasteiger partial charge is 0.315 e. The lowest BCUT2D eigenvalue weighted by atomic mass is 9.80. The first-order valence-corrected chi connectivity index (χ1v) is 13.1. The molecule has 0 radical (unpaired) electrons. The fraction of sp³-hybridized carbons (Fsp3) is 0.821. The summed E-state index contributed by atoms with van der Waals surface area (Å²) in [4.78, 5) is 67.1. The number of nitrogens with one attached hydrogen (secondary N) is 3. The minimum Gasteiger partial charge on any atom is -0.363 e. The molecule has 0 aromatic rings. The van der Waals surface area contributed by atoms with Crippen LogP contribution in [0.2, 0.25) is 0 Å². The molecule has 0 bridgehead atoms. The number of carbonyl (C=O) groups is 5. The molecule has 214 valence electrons. The lowest BCUT2D eigenvalue weighted by molar-refractivity contribution is -0.144. The number of primary amides is 1. The Morgan fingerprint density at radius 2 is 1.68 bits per heavy atom. The van der Waals surface area contributed by atoms with Crippen LogP contribution < -0.4 is 21.7 Å². The zero-order chi connectivity index (χ0) is 35.6. The minimum absolute atomic E-state index is 0.0836. The van der Waals surface area contributed by atoms with E-state index in [1.54, 1.807) is 20.8 Å². The largest absolute Gasteiger partial charge is 0.363 e. The number of carbonyl (C=O) groups excluding carboxylic acids is 5. The molecule has 38 heavy (non-hydrogen) atoms. The Morgan fingerprint density at radius 1 is 1.05 bits per heavy atom. The summed E-state index contributed by atoms with van der Waals surface area (Å²) in [7, 11) is 0. The summed E-state index contributed by atoms with van der Waals surface area (Å²) in [5.74, 6) is -8.19. The molecule has 10 nitrogen and oxygen atoms in total. The number of urea groups is 1. The molecule has 0 aromatic carbocycles. The van der Waals surface area contributed by atoms with Gasteiger partial charge >= 0.3 is 6.03 Å². The number of likely N-dealkylation sites (tertiary alicyclic amines) is 1. The summed E-state index contributed by atoms with van der Waals surface area (Å²) in [6.07, 6.45) is -0.928. The van der Waals surface area contributed by atoms with E-state index >= 15 is 0 Å². The van der Waals surface area contributed by atoms with E-state index in [4.69, 9.17) is 16.7 Å². The van der Waals surface area contributed by atoms with Crippen molar-refractivity contribution in [1.82, 2.24) is 20.9 Å².